The van der Waals surface area contributed by atoms with Gasteiger partial charge in [0, 0.05) is 11.4 Å². The third-order valence-corrected chi connectivity index (χ3v) is 5.60. The smallest absolute Gasteiger partial charge is 0.211 e. The SMILES string of the molecule is CCC(CC)C(Br)CNS(=O)(=O)CCC(C)(C)C. The van der Waals surface area contributed by atoms with Crippen LogP contribution in [0.15, 0.2) is 0 Å². The molecule has 3 nitrogen and oxygen atoms in total. The summed E-state index contributed by atoms with van der Waals surface area (Å²) < 4.78 is 26.4. The normalized spacial score (nSPS) is 15.1. The lowest BCUT2D eigenvalue weighted by Crippen LogP contribution is -2.35. The highest BCUT2D eigenvalue weighted by molar-refractivity contribution is 9.09. The Morgan fingerprint density at radius 1 is 1.17 bits per heavy atom. The average molecular weight is 342 g/mol. The summed E-state index contributed by atoms with van der Waals surface area (Å²) in [5.41, 5.74) is 0.0535. The standard InChI is InChI=1S/C13H28BrNO2S/c1-6-11(7-2)12(14)10-15-18(16,17)9-8-13(3,4)5/h11-12,15H,6-10H2,1-5H3. The fourth-order valence-electron chi connectivity index (χ4n) is 1.69. The predicted molar refractivity (Wildman–Crippen MR) is 82.6 cm³/mol. The lowest BCUT2D eigenvalue weighted by atomic mass is 9.94. The fraction of sp³-hybridized carbons (Fsp3) is 1.00. The van der Waals surface area contributed by atoms with E-state index in [0.717, 1.165) is 12.8 Å². The summed E-state index contributed by atoms with van der Waals surface area (Å²) in [6.45, 7) is 10.9. The van der Waals surface area contributed by atoms with Crippen molar-refractivity contribution in [2.75, 3.05) is 12.3 Å². The van der Waals surface area contributed by atoms with Crippen molar-refractivity contribution >= 4 is 26.0 Å². The maximum atomic E-state index is 11.8. The maximum Gasteiger partial charge on any atom is 0.211 e. The van der Waals surface area contributed by atoms with E-state index in [1.807, 2.05) is 0 Å². The Kier molecular flexibility index (Phi) is 8.02. The van der Waals surface area contributed by atoms with Gasteiger partial charge >= 0.3 is 0 Å². The summed E-state index contributed by atoms with van der Waals surface area (Å²) in [6.07, 6.45) is 2.81. The van der Waals surface area contributed by atoms with Crippen LogP contribution >= 0.6 is 15.9 Å². The molecule has 0 spiro atoms. The zero-order valence-electron chi connectivity index (χ0n) is 12.3. The molecule has 1 atom stereocenters. The van der Waals surface area contributed by atoms with Gasteiger partial charge in [-0.1, -0.05) is 63.4 Å². The summed E-state index contributed by atoms with van der Waals surface area (Å²) in [5, 5.41) is 0. The Balaban J connectivity index is 4.19. The van der Waals surface area contributed by atoms with Crippen LogP contribution in [0.5, 0.6) is 0 Å². The van der Waals surface area contributed by atoms with Crippen molar-refractivity contribution in [3.05, 3.63) is 0 Å². The molecule has 0 aromatic rings. The summed E-state index contributed by atoms with van der Waals surface area (Å²) in [6, 6.07) is 0. The first-order valence-electron chi connectivity index (χ1n) is 6.72. The molecule has 1 unspecified atom stereocenters. The molecule has 0 radical (unpaired) electrons. The molecular weight excluding hydrogens is 314 g/mol. The van der Waals surface area contributed by atoms with Crippen LogP contribution in [0.1, 0.15) is 53.9 Å². The first kappa shape index (κ1) is 18.4. The van der Waals surface area contributed by atoms with Crippen molar-refractivity contribution in [3.8, 4) is 0 Å². The Morgan fingerprint density at radius 2 is 1.67 bits per heavy atom. The molecule has 0 aromatic carbocycles. The molecule has 0 rings (SSSR count). The van der Waals surface area contributed by atoms with Gasteiger partial charge in [0.2, 0.25) is 10.0 Å². The van der Waals surface area contributed by atoms with Gasteiger partial charge in [-0.05, 0) is 17.8 Å². The number of halogens is 1. The highest BCUT2D eigenvalue weighted by atomic mass is 79.9. The van der Waals surface area contributed by atoms with Crippen LogP contribution in [0.25, 0.3) is 0 Å². The third kappa shape index (κ3) is 8.48. The molecule has 0 fully saturated rings. The Hall–Kier alpha value is 0.390. The molecule has 0 bridgehead atoms. The van der Waals surface area contributed by atoms with Gasteiger partial charge in [-0.3, -0.25) is 0 Å². The molecule has 1 N–H and O–H groups in total. The van der Waals surface area contributed by atoms with E-state index in [0.29, 0.717) is 18.9 Å². The summed E-state index contributed by atoms with van der Waals surface area (Å²) in [7, 11) is -3.14. The average Bonchev–Trinajstić information content (AvgIpc) is 2.25. The van der Waals surface area contributed by atoms with Gasteiger partial charge in [0.15, 0.2) is 0 Å². The first-order chi connectivity index (χ1) is 8.11. The number of nitrogens with one attached hydrogen (secondary N) is 1. The van der Waals surface area contributed by atoms with E-state index < -0.39 is 10.0 Å². The van der Waals surface area contributed by atoms with Crippen LogP contribution in [0.3, 0.4) is 0 Å². The second-order valence-corrected chi connectivity index (χ2v) is 9.17. The molecule has 0 aliphatic rings. The van der Waals surface area contributed by atoms with Gasteiger partial charge in [0.25, 0.3) is 0 Å². The number of rotatable bonds is 8. The van der Waals surface area contributed by atoms with Crippen LogP contribution < -0.4 is 4.72 Å². The van der Waals surface area contributed by atoms with E-state index in [4.69, 9.17) is 0 Å². The highest BCUT2D eigenvalue weighted by Gasteiger charge is 2.20. The van der Waals surface area contributed by atoms with Crippen LogP contribution in [0.4, 0.5) is 0 Å². The van der Waals surface area contributed by atoms with Crippen molar-refractivity contribution in [1.82, 2.24) is 4.72 Å². The van der Waals surface area contributed by atoms with Crippen molar-refractivity contribution < 1.29 is 8.42 Å². The maximum absolute atomic E-state index is 11.8. The van der Waals surface area contributed by atoms with E-state index in [2.05, 4.69) is 55.3 Å². The molecule has 0 aliphatic heterocycles. The summed E-state index contributed by atoms with van der Waals surface area (Å²) in [5.74, 6) is 0.731. The lowest BCUT2D eigenvalue weighted by molar-refractivity contribution is 0.396. The molecule has 110 valence electrons. The number of sulfonamides is 1. The third-order valence-electron chi connectivity index (χ3n) is 3.18. The van der Waals surface area contributed by atoms with Crippen molar-refractivity contribution in [1.29, 1.82) is 0 Å². The molecule has 0 heterocycles. The Labute approximate surface area is 121 Å². The Bertz CT molecular complexity index is 318. The minimum Gasteiger partial charge on any atom is -0.214 e. The number of hydrogen-bond acceptors (Lipinski definition) is 2. The Morgan fingerprint density at radius 3 is 2.06 bits per heavy atom. The molecular formula is C13H28BrNO2S. The highest BCUT2D eigenvalue weighted by Crippen LogP contribution is 2.21. The van der Waals surface area contributed by atoms with Gasteiger partial charge in [-0.15, -0.1) is 0 Å². The van der Waals surface area contributed by atoms with Gasteiger partial charge in [0.1, 0.15) is 0 Å². The minimum absolute atomic E-state index is 0.0535. The quantitative estimate of drug-likeness (QED) is 0.686. The molecule has 0 aliphatic carbocycles. The second-order valence-electron chi connectivity index (χ2n) is 6.07. The van der Waals surface area contributed by atoms with E-state index in [1.54, 1.807) is 0 Å². The first-order valence-corrected chi connectivity index (χ1v) is 9.29. The molecule has 0 aromatic heterocycles. The van der Waals surface area contributed by atoms with Crippen LogP contribution in [-0.4, -0.2) is 25.5 Å². The van der Waals surface area contributed by atoms with Crippen LogP contribution in [0, 0.1) is 11.3 Å². The molecule has 18 heavy (non-hydrogen) atoms. The monoisotopic (exact) mass is 341 g/mol. The van der Waals surface area contributed by atoms with Gasteiger partial charge < -0.3 is 0 Å². The van der Waals surface area contributed by atoms with E-state index in [9.17, 15) is 8.42 Å². The van der Waals surface area contributed by atoms with Gasteiger partial charge in [0.05, 0.1) is 5.75 Å². The molecule has 0 saturated carbocycles. The fourth-order valence-corrected chi connectivity index (χ4v) is 4.27. The molecule has 5 heteroatoms. The van der Waals surface area contributed by atoms with E-state index >= 15 is 0 Å². The van der Waals surface area contributed by atoms with Crippen LogP contribution in [-0.2, 0) is 10.0 Å². The van der Waals surface area contributed by atoms with E-state index in [1.165, 1.54) is 0 Å². The largest absolute Gasteiger partial charge is 0.214 e. The number of alkyl halides is 1. The van der Waals surface area contributed by atoms with Gasteiger partial charge in [-0.2, -0.15) is 0 Å². The van der Waals surface area contributed by atoms with Crippen molar-refractivity contribution in [2.24, 2.45) is 11.3 Å². The predicted octanol–water partition coefficient (Wildman–Crippen LogP) is 3.54. The van der Waals surface area contributed by atoms with E-state index in [-0.39, 0.29) is 16.0 Å². The summed E-state index contributed by atoms with van der Waals surface area (Å²) >= 11 is 3.58. The van der Waals surface area contributed by atoms with Crippen molar-refractivity contribution in [2.45, 2.75) is 58.7 Å². The lowest BCUT2D eigenvalue weighted by Gasteiger charge is -2.21. The minimum atomic E-state index is -3.14. The molecule has 0 saturated heterocycles. The summed E-state index contributed by atoms with van der Waals surface area (Å²) in [4.78, 5) is 0.219. The van der Waals surface area contributed by atoms with Gasteiger partial charge in [-0.25, -0.2) is 13.1 Å². The van der Waals surface area contributed by atoms with Crippen molar-refractivity contribution in [3.63, 3.8) is 0 Å². The number of hydrogen-bond donors (Lipinski definition) is 1. The molecule has 0 amide bonds. The topological polar surface area (TPSA) is 46.2 Å². The zero-order valence-corrected chi connectivity index (χ0v) is 14.7. The van der Waals surface area contributed by atoms with Crippen LogP contribution in [0.2, 0.25) is 0 Å². The second kappa shape index (κ2) is 7.85. The zero-order chi connectivity index (χ0) is 14.4.